The van der Waals surface area contributed by atoms with Crippen molar-refractivity contribution in [2.24, 2.45) is 0 Å². The van der Waals surface area contributed by atoms with Gasteiger partial charge in [-0.25, -0.2) is 0 Å². The van der Waals surface area contributed by atoms with Gasteiger partial charge in [-0.3, -0.25) is 4.98 Å². The number of nitrogens with one attached hydrogen (secondary N) is 1. The van der Waals surface area contributed by atoms with Crippen molar-refractivity contribution in [2.45, 2.75) is 11.5 Å². The van der Waals surface area contributed by atoms with Gasteiger partial charge < -0.3 is 5.32 Å². The first-order chi connectivity index (χ1) is 20.8. The van der Waals surface area contributed by atoms with Crippen LogP contribution in [0.2, 0.25) is 0 Å². The minimum absolute atomic E-state index is 0.0219. The summed E-state index contributed by atoms with van der Waals surface area (Å²) in [6.07, 6.45) is 6.48. The third-order valence-corrected chi connectivity index (χ3v) is 10.8. The van der Waals surface area contributed by atoms with Crippen LogP contribution < -0.4 is 5.32 Å². The van der Waals surface area contributed by atoms with Crippen LogP contribution in [0.15, 0.2) is 128 Å². The fourth-order valence-corrected chi connectivity index (χ4v) is 9.35. The molecule has 2 nitrogen and oxygen atoms in total. The highest BCUT2D eigenvalue weighted by molar-refractivity contribution is 7.20. The van der Waals surface area contributed by atoms with Gasteiger partial charge in [-0.1, -0.05) is 115 Å². The van der Waals surface area contributed by atoms with Crippen molar-refractivity contribution in [1.82, 2.24) is 4.98 Å². The Morgan fingerprint density at radius 1 is 0.667 bits per heavy atom. The third kappa shape index (κ3) is 2.68. The molecule has 7 aromatic rings. The summed E-state index contributed by atoms with van der Waals surface area (Å²) in [7, 11) is 0. The quantitative estimate of drug-likeness (QED) is 0.219. The van der Waals surface area contributed by atoms with Crippen LogP contribution in [-0.2, 0) is 5.41 Å². The van der Waals surface area contributed by atoms with Crippen LogP contribution >= 0.6 is 11.3 Å². The molecule has 10 rings (SSSR count). The molecule has 1 N–H and O–H groups in total. The third-order valence-electron chi connectivity index (χ3n) is 9.55. The standard InChI is InChI=1S/C39H24N2S/c1-4-14-29-25(10-1)26-11-2-5-15-30(26)39(29)31-16-7-13-27(34(31)35-28-12-3-6-17-33(28)42-38(35)39)32-21-20-24-19-18-23-9-8-22-40-36(23)37(24)41-32/h1-22,32,41H. The van der Waals surface area contributed by atoms with Crippen LogP contribution in [-0.4, -0.2) is 4.98 Å². The van der Waals surface area contributed by atoms with Gasteiger partial charge in [0, 0.05) is 32.1 Å². The van der Waals surface area contributed by atoms with Gasteiger partial charge in [0.15, 0.2) is 0 Å². The number of hydrogen-bond donors (Lipinski definition) is 1. The Morgan fingerprint density at radius 3 is 2.29 bits per heavy atom. The van der Waals surface area contributed by atoms with Crippen molar-refractivity contribution in [2.75, 3.05) is 5.32 Å². The number of fused-ring (bicyclic) bond motifs is 15. The second-order valence-electron chi connectivity index (χ2n) is 11.5. The fraction of sp³-hybridized carbons (Fsp3) is 0.0513. The summed E-state index contributed by atoms with van der Waals surface area (Å²) in [4.78, 5) is 6.22. The Labute approximate surface area is 247 Å². The first kappa shape index (κ1) is 22.7. The van der Waals surface area contributed by atoms with E-state index >= 15 is 0 Å². The summed E-state index contributed by atoms with van der Waals surface area (Å²) in [5.41, 5.74) is 13.9. The zero-order valence-corrected chi connectivity index (χ0v) is 23.5. The maximum absolute atomic E-state index is 4.78. The van der Waals surface area contributed by atoms with Gasteiger partial charge in [-0.2, -0.15) is 0 Å². The zero-order chi connectivity index (χ0) is 27.4. The van der Waals surface area contributed by atoms with Crippen molar-refractivity contribution >= 4 is 44.1 Å². The molecule has 0 saturated heterocycles. The number of hydrogen-bond acceptors (Lipinski definition) is 3. The highest BCUT2D eigenvalue weighted by Gasteiger charge is 2.54. The normalized spacial score (nSPS) is 16.6. The second kappa shape index (κ2) is 8.06. The summed E-state index contributed by atoms with van der Waals surface area (Å²) in [6.45, 7) is 0. The Bertz CT molecular complexity index is 2260. The molecule has 2 aliphatic carbocycles. The van der Waals surface area contributed by atoms with E-state index in [1.54, 1.807) is 0 Å². The van der Waals surface area contributed by atoms with Gasteiger partial charge in [-0.15, -0.1) is 11.3 Å². The van der Waals surface area contributed by atoms with Crippen molar-refractivity contribution in [3.8, 4) is 22.3 Å². The maximum atomic E-state index is 4.78. The van der Waals surface area contributed by atoms with E-state index in [2.05, 4.69) is 127 Å². The van der Waals surface area contributed by atoms with Gasteiger partial charge in [-0.05, 0) is 56.6 Å². The Hall–Kier alpha value is -4.99. The topological polar surface area (TPSA) is 24.9 Å². The molecule has 1 unspecified atom stereocenters. The molecular weight excluding hydrogens is 529 g/mol. The lowest BCUT2D eigenvalue weighted by molar-refractivity contribution is 0.809. The van der Waals surface area contributed by atoms with E-state index in [1.165, 1.54) is 65.0 Å². The van der Waals surface area contributed by atoms with Crippen LogP contribution in [0.5, 0.6) is 0 Å². The Morgan fingerprint density at radius 2 is 1.43 bits per heavy atom. The van der Waals surface area contributed by atoms with Crippen LogP contribution in [0.4, 0.5) is 5.69 Å². The lowest BCUT2D eigenvalue weighted by Gasteiger charge is -2.30. The van der Waals surface area contributed by atoms with Crippen LogP contribution in [0.25, 0.3) is 49.3 Å². The van der Waals surface area contributed by atoms with Crippen LogP contribution in [0.3, 0.4) is 0 Å². The number of pyridine rings is 1. The Balaban J connectivity index is 1.29. The molecule has 0 saturated carbocycles. The van der Waals surface area contributed by atoms with Gasteiger partial charge in [0.25, 0.3) is 0 Å². The monoisotopic (exact) mass is 552 g/mol. The summed E-state index contributed by atoms with van der Waals surface area (Å²) in [5.74, 6) is 0. The number of benzene rings is 5. The molecule has 196 valence electrons. The maximum Gasteiger partial charge on any atom is 0.0939 e. The summed E-state index contributed by atoms with van der Waals surface area (Å²) in [5, 5.41) is 6.43. The minimum Gasteiger partial charge on any atom is -0.372 e. The number of thiophene rings is 1. The average molecular weight is 553 g/mol. The van der Waals surface area contributed by atoms with Gasteiger partial charge in [0.05, 0.1) is 22.7 Å². The molecule has 0 radical (unpaired) electrons. The van der Waals surface area contributed by atoms with Crippen LogP contribution in [0, 0.1) is 0 Å². The van der Waals surface area contributed by atoms with E-state index in [9.17, 15) is 0 Å². The Kier molecular flexibility index (Phi) is 4.35. The number of aromatic nitrogens is 1. The largest absolute Gasteiger partial charge is 0.372 e. The predicted octanol–water partition coefficient (Wildman–Crippen LogP) is 9.97. The van der Waals surface area contributed by atoms with Crippen molar-refractivity contribution in [3.05, 3.63) is 160 Å². The van der Waals surface area contributed by atoms with E-state index in [1.807, 2.05) is 23.6 Å². The molecule has 2 aromatic heterocycles. The molecule has 42 heavy (non-hydrogen) atoms. The molecule has 0 fully saturated rings. The molecule has 5 aromatic carbocycles. The van der Waals surface area contributed by atoms with Gasteiger partial charge in [0.2, 0.25) is 0 Å². The first-order valence-corrected chi connectivity index (χ1v) is 15.3. The highest BCUT2D eigenvalue weighted by atomic mass is 32.1. The summed E-state index contributed by atoms with van der Waals surface area (Å²) in [6, 6.07) is 42.6. The van der Waals surface area contributed by atoms with E-state index in [0.29, 0.717) is 0 Å². The van der Waals surface area contributed by atoms with E-state index in [-0.39, 0.29) is 11.5 Å². The smallest absolute Gasteiger partial charge is 0.0939 e. The predicted molar refractivity (Wildman–Crippen MR) is 175 cm³/mol. The van der Waals surface area contributed by atoms with E-state index in [4.69, 9.17) is 4.98 Å². The average Bonchev–Trinajstić information content (AvgIpc) is 3.68. The molecule has 3 heteroatoms. The lowest BCUT2D eigenvalue weighted by atomic mass is 9.73. The number of nitrogens with zero attached hydrogens (tertiary/aromatic N) is 1. The SMILES string of the molecule is C1=CC(c2cccc3c2-c2c(sc4ccccc24)C32c3ccccc3-c3ccccc32)Nc2c1ccc1cccnc21. The van der Waals surface area contributed by atoms with Gasteiger partial charge in [0.1, 0.15) is 0 Å². The highest BCUT2D eigenvalue weighted by Crippen LogP contribution is 2.66. The molecule has 0 bridgehead atoms. The molecule has 3 aliphatic rings. The van der Waals surface area contributed by atoms with Crippen LogP contribution in [0.1, 0.15) is 38.7 Å². The van der Waals surface area contributed by atoms with E-state index < -0.39 is 0 Å². The number of rotatable bonds is 1. The second-order valence-corrected chi connectivity index (χ2v) is 12.6. The zero-order valence-electron chi connectivity index (χ0n) is 22.6. The summed E-state index contributed by atoms with van der Waals surface area (Å²) >= 11 is 1.96. The van der Waals surface area contributed by atoms with E-state index in [0.717, 1.165) is 16.6 Å². The van der Waals surface area contributed by atoms with Crippen molar-refractivity contribution in [3.63, 3.8) is 0 Å². The fourth-order valence-electron chi connectivity index (χ4n) is 7.91. The molecular formula is C39H24N2S. The van der Waals surface area contributed by atoms with Crippen molar-refractivity contribution < 1.29 is 0 Å². The lowest BCUT2D eigenvalue weighted by Crippen LogP contribution is -2.25. The molecule has 1 spiro atoms. The van der Waals surface area contributed by atoms with Gasteiger partial charge >= 0.3 is 0 Å². The molecule has 0 amide bonds. The first-order valence-electron chi connectivity index (χ1n) is 14.5. The molecule has 1 atom stereocenters. The molecule has 1 aliphatic heterocycles. The molecule has 3 heterocycles. The minimum atomic E-state index is -0.331. The van der Waals surface area contributed by atoms with Crippen molar-refractivity contribution in [1.29, 1.82) is 0 Å². The number of anilines is 1. The summed E-state index contributed by atoms with van der Waals surface area (Å²) < 4.78 is 1.34.